The summed E-state index contributed by atoms with van der Waals surface area (Å²) in [6.07, 6.45) is 2.77. The highest BCUT2D eigenvalue weighted by atomic mass is 127. The number of nitrogens with zero attached hydrogens (tertiary/aromatic N) is 2. The summed E-state index contributed by atoms with van der Waals surface area (Å²) in [7, 11) is 0. The summed E-state index contributed by atoms with van der Waals surface area (Å²) in [5.41, 5.74) is 1.59. The van der Waals surface area contributed by atoms with Gasteiger partial charge in [-0.15, -0.1) is 35.3 Å². The van der Waals surface area contributed by atoms with Crippen LogP contribution in [0.25, 0.3) is 0 Å². The largest absolute Gasteiger partial charge is 0.462 e. The SMILES string of the molecule is CCNC(=NCc1ccc(C(=O)OCC)cc1)NCCc1ncc(C)s1.I. The highest BCUT2D eigenvalue weighted by molar-refractivity contribution is 14.0. The van der Waals surface area contributed by atoms with E-state index in [1.54, 1.807) is 30.4 Å². The first-order chi connectivity index (χ1) is 12.6. The zero-order chi connectivity index (χ0) is 18.8. The highest BCUT2D eigenvalue weighted by Gasteiger charge is 2.06. The first-order valence-electron chi connectivity index (χ1n) is 8.82. The molecule has 1 aromatic carbocycles. The zero-order valence-electron chi connectivity index (χ0n) is 15.9. The number of carbonyl (C=O) groups is 1. The van der Waals surface area contributed by atoms with Crippen LogP contribution in [0.4, 0.5) is 0 Å². The van der Waals surface area contributed by atoms with E-state index < -0.39 is 0 Å². The number of halogens is 1. The number of esters is 1. The molecule has 2 rings (SSSR count). The molecule has 0 aliphatic carbocycles. The summed E-state index contributed by atoms with van der Waals surface area (Å²) in [5, 5.41) is 7.69. The Hall–Kier alpha value is -1.68. The summed E-state index contributed by atoms with van der Waals surface area (Å²) in [6, 6.07) is 7.34. The Balaban J connectivity index is 0.00000364. The summed E-state index contributed by atoms with van der Waals surface area (Å²) in [4.78, 5) is 21.9. The van der Waals surface area contributed by atoms with Crippen molar-refractivity contribution in [2.45, 2.75) is 33.7 Å². The number of hydrogen-bond acceptors (Lipinski definition) is 5. The van der Waals surface area contributed by atoms with Crippen LogP contribution in [-0.4, -0.2) is 36.6 Å². The Morgan fingerprint density at radius 1 is 1.22 bits per heavy atom. The number of thiazole rings is 1. The lowest BCUT2D eigenvalue weighted by atomic mass is 10.1. The Morgan fingerprint density at radius 3 is 2.56 bits per heavy atom. The third-order valence-corrected chi connectivity index (χ3v) is 4.50. The van der Waals surface area contributed by atoms with Crippen LogP contribution in [-0.2, 0) is 17.7 Å². The van der Waals surface area contributed by atoms with Gasteiger partial charge >= 0.3 is 5.97 Å². The van der Waals surface area contributed by atoms with E-state index in [2.05, 4.69) is 27.5 Å². The monoisotopic (exact) mass is 502 g/mol. The Bertz CT molecular complexity index is 732. The van der Waals surface area contributed by atoms with Crippen molar-refractivity contribution in [2.75, 3.05) is 19.7 Å². The molecule has 0 bridgehead atoms. The van der Waals surface area contributed by atoms with Gasteiger partial charge < -0.3 is 15.4 Å². The van der Waals surface area contributed by atoms with Crippen LogP contribution in [0.5, 0.6) is 0 Å². The van der Waals surface area contributed by atoms with Crippen molar-refractivity contribution in [1.82, 2.24) is 15.6 Å². The quantitative estimate of drug-likeness (QED) is 0.250. The Kier molecular flexibility index (Phi) is 11.0. The highest BCUT2D eigenvalue weighted by Crippen LogP contribution is 2.11. The van der Waals surface area contributed by atoms with E-state index in [1.165, 1.54) is 4.88 Å². The van der Waals surface area contributed by atoms with Gasteiger partial charge in [-0.25, -0.2) is 14.8 Å². The van der Waals surface area contributed by atoms with Crippen molar-refractivity contribution >= 4 is 47.2 Å². The van der Waals surface area contributed by atoms with E-state index in [-0.39, 0.29) is 29.9 Å². The second kappa shape index (κ2) is 12.7. The molecule has 2 aromatic rings. The molecule has 0 amide bonds. The average molecular weight is 502 g/mol. The molecule has 0 aliphatic heterocycles. The van der Waals surface area contributed by atoms with Crippen molar-refractivity contribution in [2.24, 2.45) is 4.99 Å². The number of carbonyl (C=O) groups excluding carboxylic acids is 1. The molecular formula is C19H27IN4O2S. The van der Waals surface area contributed by atoms with Crippen molar-refractivity contribution in [1.29, 1.82) is 0 Å². The van der Waals surface area contributed by atoms with E-state index in [9.17, 15) is 4.79 Å². The van der Waals surface area contributed by atoms with Crippen LogP contribution in [0.2, 0.25) is 0 Å². The van der Waals surface area contributed by atoms with E-state index in [0.717, 1.165) is 36.0 Å². The standard InChI is InChI=1S/C19H26N4O2S.HI/c1-4-20-19(21-11-10-17-22-12-14(3)26-17)23-13-15-6-8-16(9-7-15)18(24)25-5-2;/h6-9,12H,4-5,10-11,13H2,1-3H3,(H2,20,21,23);1H. The maximum Gasteiger partial charge on any atom is 0.338 e. The lowest BCUT2D eigenvalue weighted by molar-refractivity contribution is 0.0526. The molecule has 6 nitrogen and oxygen atoms in total. The minimum atomic E-state index is -0.296. The number of benzene rings is 1. The van der Waals surface area contributed by atoms with E-state index in [0.29, 0.717) is 18.7 Å². The lowest BCUT2D eigenvalue weighted by Gasteiger charge is -2.10. The molecule has 1 aromatic heterocycles. The molecule has 0 saturated heterocycles. The number of rotatable bonds is 8. The number of aromatic nitrogens is 1. The molecule has 0 radical (unpaired) electrons. The maximum absolute atomic E-state index is 11.7. The molecule has 0 aliphatic rings. The third-order valence-electron chi connectivity index (χ3n) is 3.53. The Labute approximate surface area is 181 Å². The van der Waals surface area contributed by atoms with Crippen molar-refractivity contribution in [3.05, 3.63) is 51.5 Å². The summed E-state index contributed by atoms with van der Waals surface area (Å²) in [6.45, 7) is 8.39. The van der Waals surface area contributed by atoms with Gasteiger partial charge in [0.2, 0.25) is 0 Å². The molecule has 0 fully saturated rings. The van der Waals surface area contributed by atoms with Gasteiger partial charge in [0.1, 0.15) is 0 Å². The van der Waals surface area contributed by atoms with E-state index in [4.69, 9.17) is 4.74 Å². The van der Waals surface area contributed by atoms with Crippen LogP contribution in [0.3, 0.4) is 0 Å². The van der Waals surface area contributed by atoms with Gasteiger partial charge in [-0.05, 0) is 38.5 Å². The second-order valence-corrected chi connectivity index (χ2v) is 6.97. The molecule has 0 atom stereocenters. The van der Waals surface area contributed by atoms with Crippen molar-refractivity contribution in [3.8, 4) is 0 Å². The van der Waals surface area contributed by atoms with Gasteiger partial charge in [0.05, 0.1) is 23.7 Å². The number of hydrogen-bond donors (Lipinski definition) is 2. The van der Waals surface area contributed by atoms with Crippen molar-refractivity contribution < 1.29 is 9.53 Å². The molecule has 0 unspecified atom stereocenters. The lowest BCUT2D eigenvalue weighted by Crippen LogP contribution is -2.38. The van der Waals surface area contributed by atoms with Crippen LogP contribution in [0, 0.1) is 6.92 Å². The molecule has 0 saturated carbocycles. The number of guanidine groups is 1. The van der Waals surface area contributed by atoms with Crippen LogP contribution >= 0.6 is 35.3 Å². The van der Waals surface area contributed by atoms with E-state index in [1.807, 2.05) is 25.3 Å². The molecule has 148 valence electrons. The normalized spacial score (nSPS) is 10.9. The summed E-state index contributed by atoms with van der Waals surface area (Å²) in [5.74, 6) is 0.477. The predicted molar refractivity (Wildman–Crippen MR) is 121 cm³/mol. The number of aryl methyl sites for hydroxylation is 1. The Morgan fingerprint density at radius 2 is 1.96 bits per heavy atom. The molecule has 2 N–H and O–H groups in total. The molecular weight excluding hydrogens is 475 g/mol. The fraction of sp³-hybridized carbons (Fsp3) is 0.421. The molecule has 1 heterocycles. The van der Waals surface area contributed by atoms with Crippen LogP contribution < -0.4 is 10.6 Å². The zero-order valence-corrected chi connectivity index (χ0v) is 19.1. The maximum atomic E-state index is 11.7. The van der Waals surface area contributed by atoms with Gasteiger partial charge in [-0.1, -0.05) is 12.1 Å². The van der Waals surface area contributed by atoms with Crippen LogP contribution in [0.1, 0.15) is 39.7 Å². The van der Waals surface area contributed by atoms with Gasteiger partial charge in [-0.3, -0.25) is 0 Å². The fourth-order valence-electron chi connectivity index (χ4n) is 2.28. The van der Waals surface area contributed by atoms with Gasteiger partial charge in [0.25, 0.3) is 0 Å². The number of ether oxygens (including phenoxy) is 1. The predicted octanol–water partition coefficient (Wildman–Crippen LogP) is 3.54. The third kappa shape index (κ3) is 8.25. The van der Waals surface area contributed by atoms with Crippen molar-refractivity contribution in [3.63, 3.8) is 0 Å². The first-order valence-corrected chi connectivity index (χ1v) is 9.63. The number of nitrogens with one attached hydrogen (secondary N) is 2. The van der Waals surface area contributed by atoms with Gasteiger partial charge in [0, 0.05) is 30.6 Å². The van der Waals surface area contributed by atoms with E-state index >= 15 is 0 Å². The smallest absolute Gasteiger partial charge is 0.338 e. The minimum Gasteiger partial charge on any atom is -0.462 e. The van der Waals surface area contributed by atoms with Gasteiger partial charge in [-0.2, -0.15) is 0 Å². The average Bonchev–Trinajstić information content (AvgIpc) is 3.05. The number of aliphatic imine (C=N–C) groups is 1. The first kappa shape index (κ1) is 23.4. The fourth-order valence-corrected chi connectivity index (χ4v) is 3.06. The molecule has 27 heavy (non-hydrogen) atoms. The minimum absolute atomic E-state index is 0. The van der Waals surface area contributed by atoms with Crippen LogP contribution in [0.15, 0.2) is 35.5 Å². The summed E-state index contributed by atoms with van der Waals surface area (Å²) >= 11 is 1.72. The summed E-state index contributed by atoms with van der Waals surface area (Å²) < 4.78 is 4.99. The second-order valence-electron chi connectivity index (χ2n) is 5.65. The van der Waals surface area contributed by atoms with Gasteiger partial charge in [0.15, 0.2) is 5.96 Å². The topological polar surface area (TPSA) is 75.6 Å². The molecule has 0 spiro atoms. The molecule has 8 heteroatoms.